The van der Waals surface area contributed by atoms with E-state index >= 15 is 0 Å². The first-order valence-electron chi connectivity index (χ1n) is 5.65. The molecule has 22 heavy (non-hydrogen) atoms. The first-order chi connectivity index (χ1) is 9.76. The van der Waals surface area contributed by atoms with Crippen molar-refractivity contribution in [2.45, 2.75) is 36.7 Å². The Kier molecular flexibility index (Phi) is 4.99. The van der Waals surface area contributed by atoms with Crippen molar-refractivity contribution in [1.29, 1.82) is 0 Å². The molecule has 0 amide bonds. The van der Waals surface area contributed by atoms with Gasteiger partial charge in [0.2, 0.25) is 0 Å². The van der Waals surface area contributed by atoms with Crippen LogP contribution < -0.4 is 0 Å². The summed E-state index contributed by atoms with van der Waals surface area (Å²) >= 11 is -2.59. The maximum absolute atomic E-state index is 12.7. The average Bonchev–Trinajstić information content (AvgIpc) is 2.35. The molecule has 2 nitrogen and oxygen atoms in total. The van der Waals surface area contributed by atoms with Gasteiger partial charge in [-0.3, -0.25) is 4.18 Å². The predicted molar refractivity (Wildman–Crippen MR) is 66.9 cm³/mol. The van der Waals surface area contributed by atoms with E-state index in [2.05, 4.69) is 5.92 Å². The van der Waals surface area contributed by atoms with Crippen molar-refractivity contribution in [2.24, 2.45) is 0 Å². The van der Waals surface area contributed by atoms with E-state index in [0.717, 1.165) is 0 Å². The van der Waals surface area contributed by atoms with E-state index in [-0.39, 0.29) is 6.07 Å². The van der Waals surface area contributed by atoms with Crippen LogP contribution in [0.2, 0.25) is 0 Å². The van der Waals surface area contributed by atoms with Crippen molar-refractivity contribution < 1.29 is 34.7 Å². The van der Waals surface area contributed by atoms with Crippen LogP contribution in [0.25, 0.3) is 0 Å². The molecule has 0 spiro atoms. The molecule has 0 saturated heterocycles. The molecule has 0 aliphatic heterocycles. The van der Waals surface area contributed by atoms with Gasteiger partial charge in [-0.2, -0.15) is 26.3 Å². The highest BCUT2D eigenvalue weighted by Crippen LogP contribution is 2.37. The normalized spacial score (nSPS) is 14.5. The standard InChI is InChI=1S/C13H10F6O2S/c1-4-11(2,3)21-22(20)10-6-8(12(14,15)16)5-9(7-10)13(17,18)19/h1,5-7H,2-3H3. The van der Waals surface area contributed by atoms with Gasteiger partial charge in [-0.05, 0) is 32.0 Å². The van der Waals surface area contributed by atoms with E-state index in [1.807, 2.05) is 0 Å². The molecular formula is C13H10F6O2S. The summed E-state index contributed by atoms with van der Waals surface area (Å²) in [5.41, 5.74) is -4.57. The van der Waals surface area contributed by atoms with Gasteiger partial charge in [0.1, 0.15) is 5.60 Å². The minimum atomic E-state index is -5.03. The monoisotopic (exact) mass is 344 g/mol. The fourth-order valence-corrected chi connectivity index (χ4v) is 2.25. The molecule has 1 aromatic carbocycles. The van der Waals surface area contributed by atoms with Crippen LogP contribution in [0.15, 0.2) is 23.1 Å². The Morgan fingerprint density at radius 1 is 1.00 bits per heavy atom. The molecule has 0 radical (unpaired) electrons. The van der Waals surface area contributed by atoms with E-state index in [9.17, 15) is 30.6 Å². The van der Waals surface area contributed by atoms with E-state index in [1.165, 1.54) is 13.8 Å². The fraction of sp³-hybridized carbons (Fsp3) is 0.385. The van der Waals surface area contributed by atoms with Crippen LogP contribution in [0, 0.1) is 12.3 Å². The summed E-state index contributed by atoms with van der Waals surface area (Å²) in [4.78, 5) is -0.773. The van der Waals surface area contributed by atoms with Crippen LogP contribution >= 0.6 is 0 Å². The van der Waals surface area contributed by atoms with Crippen LogP contribution in [0.1, 0.15) is 25.0 Å². The molecule has 1 atom stereocenters. The SMILES string of the molecule is C#CC(C)(C)OS(=O)c1cc(C(F)(F)F)cc(C(F)(F)F)c1. The molecule has 0 aliphatic carbocycles. The van der Waals surface area contributed by atoms with E-state index in [0.29, 0.717) is 12.1 Å². The third-order valence-electron chi connectivity index (χ3n) is 2.39. The second-order valence-electron chi connectivity index (χ2n) is 4.71. The molecule has 1 unspecified atom stereocenters. The second kappa shape index (κ2) is 5.93. The van der Waals surface area contributed by atoms with E-state index in [4.69, 9.17) is 10.6 Å². The smallest absolute Gasteiger partial charge is 0.268 e. The molecule has 1 rings (SSSR count). The number of rotatable bonds is 3. The lowest BCUT2D eigenvalue weighted by atomic mass is 10.1. The molecule has 0 aromatic heterocycles. The minimum Gasteiger partial charge on any atom is -0.268 e. The maximum atomic E-state index is 12.7. The Morgan fingerprint density at radius 2 is 1.41 bits per heavy atom. The Morgan fingerprint density at radius 3 is 1.73 bits per heavy atom. The highest BCUT2D eigenvalue weighted by molar-refractivity contribution is 7.80. The molecule has 0 fully saturated rings. The van der Waals surface area contributed by atoms with Crippen LogP contribution in [0.5, 0.6) is 0 Å². The quantitative estimate of drug-likeness (QED) is 0.608. The van der Waals surface area contributed by atoms with Gasteiger partial charge in [0.25, 0.3) is 0 Å². The van der Waals surface area contributed by atoms with Crippen molar-refractivity contribution in [3.05, 3.63) is 29.3 Å². The zero-order valence-corrected chi connectivity index (χ0v) is 12.1. The van der Waals surface area contributed by atoms with Gasteiger partial charge >= 0.3 is 12.4 Å². The number of terminal acetylenes is 1. The van der Waals surface area contributed by atoms with Crippen molar-refractivity contribution in [3.8, 4) is 12.3 Å². The van der Waals surface area contributed by atoms with Crippen molar-refractivity contribution in [1.82, 2.24) is 0 Å². The average molecular weight is 344 g/mol. The van der Waals surface area contributed by atoms with E-state index in [1.54, 1.807) is 0 Å². The molecular weight excluding hydrogens is 334 g/mol. The number of halogens is 6. The van der Waals surface area contributed by atoms with Crippen LogP contribution in [0.4, 0.5) is 26.3 Å². The highest BCUT2D eigenvalue weighted by atomic mass is 32.2. The van der Waals surface area contributed by atoms with Gasteiger partial charge < -0.3 is 0 Å². The van der Waals surface area contributed by atoms with Gasteiger partial charge in [-0.25, -0.2) is 4.21 Å². The van der Waals surface area contributed by atoms with Gasteiger partial charge in [-0.15, -0.1) is 6.42 Å². The molecule has 0 heterocycles. The van der Waals surface area contributed by atoms with E-state index < -0.39 is 45.1 Å². The van der Waals surface area contributed by atoms with Gasteiger partial charge in [-0.1, -0.05) is 5.92 Å². The second-order valence-corrected chi connectivity index (χ2v) is 5.82. The maximum Gasteiger partial charge on any atom is 0.416 e. The predicted octanol–water partition coefficient (Wildman–Crippen LogP) is 4.18. The molecule has 0 bridgehead atoms. The largest absolute Gasteiger partial charge is 0.416 e. The van der Waals surface area contributed by atoms with Crippen LogP contribution in [-0.2, 0) is 27.6 Å². The number of hydrogen-bond acceptors (Lipinski definition) is 2. The summed E-state index contributed by atoms with van der Waals surface area (Å²) in [7, 11) is 0. The van der Waals surface area contributed by atoms with Crippen LogP contribution in [0.3, 0.4) is 0 Å². The van der Waals surface area contributed by atoms with Crippen molar-refractivity contribution in [2.75, 3.05) is 0 Å². The Hall–Kier alpha value is -1.53. The topological polar surface area (TPSA) is 26.3 Å². The Balaban J connectivity index is 3.37. The molecule has 0 saturated carbocycles. The van der Waals surface area contributed by atoms with Gasteiger partial charge in [0, 0.05) is 0 Å². The van der Waals surface area contributed by atoms with Crippen LogP contribution in [-0.4, -0.2) is 9.81 Å². The summed E-state index contributed by atoms with van der Waals surface area (Å²) in [6.07, 6.45) is -4.99. The zero-order chi connectivity index (χ0) is 17.3. The Bertz CT molecular complexity index is 593. The number of benzene rings is 1. The molecule has 9 heteroatoms. The fourth-order valence-electron chi connectivity index (χ4n) is 1.28. The first kappa shape index (κ1) is 18.5. The number of hydrogen-bond donors (Lipinski definition) is 0. The van der Waals surface area contributed by atoms with Crippen molar-refractivity contribution in [3.63, 3.8) is 0 Å². The Labute approximate surface area is 125 Å². The number of alkyl halides is 6. The summed E-state index contributed by atoms with van der Waals surface area (Å²) in [6.45, 7) is 2.59. The first-order valence-corrected chi connectivity index (χ1v) is 6.72. The van der Waals surface area contributed by atoms with Gasteiger partial charge in [0.05, 0.1) is 16.0 Å². The third-order valence-corrected chi connectivity index (χ3v) is 3.57. The van der Waals surface area contributed by atoms with Gasteiger partial charge in [0.15, 0.2) is 11.1 Å². The third kappa shape index (κ3) is 4.74. The molecule has 0 aliphatic rings. The lowest BCUT2D eigenvalue weighted by Gasteiger charge is -2.18. The van der Waals surface area contributed by atoms with Crippen molar-refractivity contribution >= 4 is 11.1 Å². The zero-order valence-electron chi connectivity index (χ0n) is 11.3. The molecule has 1 aromatic rings. The summed E-state index contributed by atoms with van der Waals surface area (Å²) in [5.74, 6) is 2.07. The molecule has 0 N–H and O–H groups in total. The summed E-state index contributed by atoms with van der Waals surface area (Å²) in [6, 6.07) is 0.600. The summed E-state index contributed by atoms with van der Waals surface area (Å²) < 4.78 is 92.6. The highest BCUT2D eigenvalue weighted by Gasteiger charge is 2.37. The lowest BCUT2D eigenvalue weighted by molar-refractivity contribution is -0.143. The lowest BCUT2D eigenvalue weighted by Crippen LogP contribution is -2.23. The molecule has 122 valence electrons. The summed E-state index contributed by atoms with van der Waals surface area (Å²) in [5, 5.41) is 0. The minimum absolute atomic E-state index is 0.0625.